The highest BCUT2D eigenvalue weighted by molar-refractivity contribution is 5.74. The molecule has 2 N–H and O–H groups in total. The molecule has 0 aromatic heterocycles. The quantitative estimate of drug-likeness (QED) is 0.766. The number of likely N-dealkylation sites (N-methyl/N-ethyl adjacent to an activating group) is 1. The molecule has 126 valence electrons. The summed E-state index contributed by atoms with van der Waals surface area (Å²) in [5.41, 5.74) is 0. The van der Waals surface area contributed by atoms with Crippen LogP contribution < -0.4 is 20.1 Å². The summed E-state index contributed by atoms with van der Waals surface area (Å²) in [4.78, 5) is 24.3. The highest BCUT2D eigenvalue weighted by Gasteiger charge is 2.23. The summed E-state index contributed by atoms with van der Waals surface area (Å²) in [5, 5.41) is 5.49. The normalized spacial score (nSPS) is 15.7. The first-order valence-electron chi connectivity index (χ1n) is 7.68. The van der Waals surface area contributed by atoms with E-state index in [1.165, 1.54) is 6.92 Å². The minimum Gasteiger partial charge on any atom is -0.486 e. The molecule has 23 heavy (non-hydrogen) atoms. The van der Waals surface area contributed by atoms with Gasteiger partial charge in [0.1, 0.15) is 6.61 Å². The Kier molecular flexibility index (Phi) is 6.08. The van der Waals surface area contributed by atoms with Crippen molar-refractivity contribution in [1.82, 2.24) is 15.5 Å². The van der Waals surface area contributed by atoms with Crippen LogP contribution in [0, 0.1) is 0 Å². The van der Waals surface area contributed by atoms with Crippen molar-refractivity contribution >= 4 is 11.9 Å². The van der Waals surface area contributed by atoms with E-state index in [0.717, 1.165) is 5.75 Å². The Labute approximate surface area is 135 Å². The molecule has 7 heteroatoms. The van der Waals surface area contributed by atoms with Crippen LogP contribution in [0.3, 0.4) is 0 Å². The Morgan fingerprint density at radius 2 is 1.91 bits per heavy atom. The topological polar surface area (TPSA) is 79.9 Å². The van der Waals surface area contributed by atoms with Gasteiger partial charge in [-0.2, -0.15) is 0 Å². The Hall–Kier alpha value is -2.44. The van der Waals surface area contributed by atoms with E-state index in [0.29, 0.717) is 38.4 Å². The smallest absolute Gasteiger partial charge is 0.317 e. The van der Waals surface area contributed by atoms with Gasteiger partial charge >= 0.3 is 6.03 Å². The number of para-hydroxylation sites is 2. The number of rotatable bonds is 6. The number of carbonyl (C=O) groups excluding carboxylic acids is 2. The maximum Gasteiger partial charge on any atom is 0.317 e. The van der Waals surface area contributed by atoms with Crippen molar-refractivity contribution < 1.29 is 19.1 Å². The second kappa shape index (κ2) is 8.26. The van der Waals surface area contributed by atoms with E-state index in [1.54, 1.807) is 11.9 Å². The fraction of sp³-hybridized carbons (Fsp3) is 0.500. The van der Waals surface area contributed by atoms with Gasteiger partial charge in [-0.05, 0) is 18.6 Å². The van der Waals surface area contributed by atoms with Crippen LogP contribution in [0.4, 0.5) is 4.79 Å². The molecule has 0 saturated carbocycles. The van der Waals surface area contributed by atoms with E-state index in [1.807, 2.05) is 24.3 Å². The zero-order valence-corrected chi connectivity index (χ0v) is 13.5. The Morgan fingerprint density at radius 1 is 1.22 bits per heavy atom. The van der Waals surface area contributed by atoms with Crippen molar-refractivity contribution in [1.29, 1.82) is 0 Å². The lowest BCUT2D eigenvalue weighted by atomic mass is 10.2. The third-order valence-electron chi connectivity index (χ3n) is 3.40. The van der Waals surface area contributed by atoms with Crippen molar-refractivity contribution in [2.24, 2.45) is 0 Å². The van der Waals surface area contributed by atoms with Gasteiger partial charge in [-0.25, -0.2) is 4.79 Å². The number of hydrogen-bond donors (Lipinski definition) is 2. The van der Waals surface area contributed by atoms with E-state index in [4.69, 9.17) is 9.47 Å². The van der Waals surface area contributed by atoms with E-state index in [2.05, 4.69) is 10.6 Å². The molecule has 2 rings (SSSR count). The van der Waals surface area contributed by atoms with Gasteiger partial charge < -0.3 is 25.0 Å². The summed E-state index contributed by atoms with van der Waals surface area (Å²) in [6, 6.07) is 7.31. The van der Waals surface area contributed by atoms with E-state index >= 15 is 0 Å². The van der Waals surface area contributed by atoms with Gasteiger partial charge in [0.25, 0.3) is 0 Å². The van der Waals surface area contributed by atoms with Crippen LogP contribution in [-0.4, -0.2) is 56.2 Å². The molecule has 0 saturated heterocycles. The number of fused-ring (bicyclic) bond motifs is 1. The van der Waals surface area contributed by atoms with Crippen molar-refractivity contribution in [3.8, 4) is 11.5 Å². The zero-order chi connectivity index (χ0) is 16.7. The molecule has 3 amide bonds. The molecule has 1 aliphatic heterocycles. The summed E-state index contributed by atoms with van der Waals surface area (Å²) in [6.07, 6.45) is 0.496. The number of benzene rings is 1. The fourth-order valence-corrected chi connectivity index (χ4v) is 2.22. The van der Waals surface area contributed by atoms with Crippen LogP contribution in [-0.2, 0) is 4.79 Å². The molecule has 0 spiro atoms. The lowest BCUT2D eigenvalue weighted by Gasteiger charge is -2.29. The Balaban J connectivity index is 1.69. The fourth-order valence-electron chi connectivity index (χ4n) is 2.22. The minimum atomic E-state index is -0.194. The maximum atomic E-state index is 12.0. The van der Waals surface area contributed by atoms with Gasteiger partial charge in [-0.3, -0.25) is 4.79 Å². The second-order valence-electron chi connectivity index (χ2n) is 5.45. The third kappa shape index (κ3) is 5.36. The highest BCUT2D eigenvalue weighted by atomic mass is 16.6. The first-order chi connectivity index (χ1) is 11.1. The summed E-state index contributed by atoms with van der Waals surface area (Å²) < 4.78 is 11.5. The average Bonchev–Trinajstić information content (AvgIpc) is 2.54. The molecule has 0 fully saturated rings. The van der Waals surface area contributed by atoms with Gasteiger partial charge in [0, 0.05) is 27.1 Å². The predicted molar refractivity (Wildman–Crippen MR) is 85.7 cm³/mol. The van der Waals surface area contributed by atoms with Gasteiger partial charge in [0.2, 0.25) is 5.91 Å². The third-order valence-corrected chi connectivity index (χ3v) is 3.40. The molecule has 0 bridgehead atoms. The van der Waals surface area contributed by atoms with E-state index in [9.17, 15) is 9.59 Å². The van der Waals surface area contributed by atoms with Gasteiger partial charge in [-0.15, -0.1) is 0 Å². The standard InChI is InChI=1S/C16H23N3O4/c1-12(20)17-8-5-9-18-16(21)19(2)10-13-11-22-14-6-3-4-7-15(14)23-13/h3-4,6-7,13H,5,8-11H2,1-2H3,(H,17,20)(H,18,21)/t13-/m1/s1. The summed E-state index contributed by atoms with van der Waals surface area (Å²) in [6.45, 7) is 3.38. The first-order valence-corrected chi connectivity index (χ1v) is 7.68. The molecule has 1 aromatic carbocycles. The number of urea groups is 1. The van der Waals surface area contributed by atoms with Gasteiger partial charge in [0.05, 0.1) is 6.54 Å². The number of nitrogens with one attached hydrogen (secondary N) is 2. The summed E-state index contributed by atoms with van der Waals surface area (Å²) in [5.74, 6) is 1.37. The molecule has 1 aromatic rings. The Morgan fingerprint density at radius 3 is 2.65 bits per heavy atom. The highest BCUT2D eigenvalue weighted by Crippen LogP contribution is 2.30. The monoisotopic (exact) mass is 321 g/mol. The van der Waals surface area contributed by atoms with Crippen LogP contribution >= 0.6 is 0 Å². The number of amides is 3. The zero-order valence-electron chi connectivity index (χ0n) is 13.5. The maximum absolute atomic E-state index is 12.0. The molecule has 0 unspecified atom stereocenters. The number of hydrogen-bond acceptors (Lipinski definition) is 4. The van der Waals surface area contributed by atoms with Crippen molar-refractivity contribution in [2.75, 3.05) is 33.3 Å². The van der Waals surface area contributed by atoms with Gasteiger partial charge in [-0.1, -0.05) is 12.1 Å². The van der Waals surface area contributed by atoms with Crippen LogP contribution in [0.5, 0.6) is 11.5 Å². The summed E-state index contributed by atoms with van der Waals surface area (Å²) >= 11 is 0. The molecule has 0 radical (unpaired) electrons. The predicted octanol–water partition coefficient (Wildman–Crippen LogP) is 0.994. The summed E-state index contributed by atoms with van der Waals surface area (Å²) in [7, 11) is 1.72. The molecular weight excluding hydrogens is 298 g/mol. The molecule has 1 atom stereocenters. The van der Waals surface area contributed by atoms with Crippen LogP contribution in [0.1, 0.15) is 13.3 Å². The number of ether oxygens (including phenoxy) is 2. The van der Waals surface area contributed by atoms with Gasteiger partial charge in [0.15, 0.2) is 17.6 Å². The van der Waals surface area contributed by atoms with Crippen molar-refractivity contribution in [3.63, 3.8) is 0 Å². The minimum absolute atomic E-state index is 0.0665. The molecule has 1 heterocycles. The molecular formula is C16H23N3O4. The molecule has 1 aliphatic rings. The first kappa shape index (κ1) is 16.9. The van der Waals surface area contributed by atoms with Crippen LogP contribution in [0.25, 0.3) is 0 Å². The van der Waals surface area contributed by atoms with Crippen molar-refractivity contribution in [3.05, 3.63) is 24.3 Å². The van der Waals surface area contributed by atoms with E-state index in [-0.39, 0.29) is 18.0 Å². The van der Waals surface area contributed by atoms with E-state index < -0.39 is 0 Å². The van der Waals surface area contributed by atoms with Crippen LogP contribution in [0.15, 0.2) is 24.3 Å². The van der Waals surface area contributed by atoms with Crippen molar-refractivity contribution in [2.45, 2.75) is 19.4 Å². The average molecular weight is 321 g/mol. The van der Waals surface area contributed by atoms with Crippen LogP contribution in [0.2, 0.25) is 0 Å². The molecule has 0 aliphatic carbocycles. The SMILES string of the molecule is CC(=O)NCCCNC(=O)N(C)C[C@@H]1COc2ccccc2O1. The second-order valence-corrected chi connectivity index (χ2v) is 5.45. The lowest BCUT2D eigenvalue weighted by Crippen LogP contribution is -2.45. The lowest BCUT2D eigenvalue weighted by molar-refractivity contribution is -0.118. The Bertz CT molecular complexity index is 550. The molecule has 7 nitrogen and oxygen atoms in total. The largest absolute Gasteiger partial charge is 0.486 e. The number of nitrogens with zero attached hydrogens (tertiary/aromatic N) is 1. The number of carbonyl (C=O) groups is 2.